The van der Waals surface area contributed by atoms with E-state index in [0.717, 1.165) is 24.3 Å². The predicted molar refractivity (Wildman–Crippen MR) is 66.2 cm³/mol. The number of carbonyl (C=O) groups excluding carboxylic acids is 1. The molecule has 0 radical (unpaired) electrons. The Bertz CT molecular complexity index is 621. The number of aliphatic carboxylic acids is 1. The van der Waals surface area contributed by atoms with Gasteiger partial charge in [0.1, 0.15) is 0 Å². The lowest BCUT2D eigenvalue weighted by Crippen LogP contribution is -2.45. The van der Waals surface area contributed by atoms with E-state index in [1.165, 1.54) is 6.92 Å². The van der Waals surface area contributed by atoms with Crippen LogP contribution in [0.3, 0.4) is 0 Å². The van der Waals surface area contributed by atoms with Gasteiger partial charge in [-0.1, -0.05) is 12.1 Å². The molecule has 0 bridgehead atoms. The van der Waals surface area contributed by atoms with Crippen molar-refractivity contribution < 1.29 is 27.9 Å². The maximum atomic E-state index is 12.5. The third-order valence-corrected chi connectivity index (χ3v) is 3.07. The molecular formula is C13H11F3N2O3. The number of nitrogens with one attached hydrogen (secondary N) is 2. The van der Waals surface area contributed by atoms with E-state index in [0.29, 0.717) is 0 Å². The highest BCUT2D eigenvalue weighted by atomic mass is 19.4. The van der Waals surface area contributed by atoms with Gasteiger partial charge in [-0.2, -0.15) is 13.2 Å². The molecular weight excluding hydrogens is 289 g/mol. The quantitative estimate of drug-likeness (QED) is 0.785. The van der Waals surface area contributed by atoms with E-state index in [-0.39, 0.29) is 16.8 Å². The van der Waals surface area contributed by atoms with Gasteiger partial charge in [-0.3, -0.25) is 0 Å². The first kappa shape index (κ1) is 14.9. The van der Waals surface area contributed by atoms with E-state index in [1.54, 1.807) is 0 Å². The zero-order valence-electron chi connectivity index (χ0n) is 10.8. The number of urea groups is 1. The van der Waals surface area contributed by atoms with Gasteiger partial charge in [-0.25, -0.2) is 9.59 Å². The molecule has 0 unspecified atom stereocenters. The summed E-state index contributed by atoms with van der Waals surface area (Å²) in [5.74, 6) is -1.26. The van der Waals surface area contributed by atoms with Crippen LogP contribution < -0.4 is 10.6 Å². The minimum Gasteiger partial charge on any atom is -0.478 e. The Labute approximate surface area is 117 Å². The minimum atomic E-state index is -4.47. The van der Waals surface area contributed by atoms with E-state index in [2.05, 4.69) is 10.6 Å². The van der Waals surface area contributed by atoms with Crippen LogP contribution in [0.1, 0.15) is 24.1 Å². The van der Waals surface area contributed by atoms with Crippen LogP contribution in [0.25, 0.3) is 0 Å². The van der Waals surface area contributed by atoms with Crippen LogP contribution in [0.2, 0.25) is 0 Å². The Morgan fingerprint density at radius 1 is 1.24 bits per heavy atom. The Balaban J connectivity index is 2.42. The lowest BCUT2D eigenvalue weighted by molar-refractivity contribution is -0.137. The lowest BCUT2D eigenvalue weighted by atomic mass is 9.95. The predicted octanol–water partition coefficient (Wildman–Crippen LogP) is 2.42. The Kier molecular flexibility index (Phi) is 3.63. The summed E-state index contributed by atoms with van der Waals surface area (Å²) in [4.78, 5) is 22.7. The van der Waals surface area contributed by atoms with Gasteiger partial charge in [0.15, 0.2) is 0 Å². The van der Waals surface area contributed by atoms with E-state index < -0.39 is 29.8 Å². The van der Waals surface area contributed by atoms with Gasteiger partial charge in [0.25, 0.3) is 0 Å². The summed E-state index contributed by atoms with van der Waals surface area (Å²) in [5, 5.41) is 13.9. The lowest BCUT2D eigenvalue weighted by Gasteiger charge is -2.27. The average Bonchev–Trinajstić information content (AvgIpc) is 2.36. The summed E-state index contributed by atoms with van der Waals surface area (Å²) in [5.41, 5.74) is -0.552. The van der Waals surface area contributed by atoms with Crippen molar-refractivity contribution in [3.8, 4) is 0 Å². The molecule has 0 spiro atoms. The fourth-order valence-corrected chi connectivity index (χ4v) is 2.09. The molecule has 2 rings (SSSR count). The van der Waals surface area contributed by atoms with E-state index >= 15 is 0 Å². The van der Waals surface area contributed by atoms with Crippen molar-refractivity contribution >= 4 is 12.0 Å². The van der Waals surface area contributed by atoms with Crippen molar-refractivity contribution in [2.24, 2.45) is 0 Å². The number of alkyl halides is 3. The highest BCUT2D eigenvalue weighted by Crippen LogP contribution is 2.32. The van der Waals surface area contributed by atoms with Crippen LogP contribution in [0.5, 0.6) is 0 Å². The number of rotatable bonds is 2. The van der Waals surface area contributed by atoms with Gasteiger partial charge in [-0.05, 0) is 24.6 Å². The van der Waals surface area contributed by atoms with Gasteiger partial charge in [0, 0.05) is 5.70 Å². The Hall–Kier alpha value is -2.51. The molecule has 1 aromatic carbocycles. The first-order valence-corrected chi connectivity index (χ1v) is 5.89. The largest absolute Gasteiger partial charge is 0.478 e. The maximum absolute atomic E-state index is 12.5. The van der Waals surface area contributed by atoms with Crippen molar-refractivity contribution in [3.05, 3.63) is 46.7 Å². The van der Waals surface area contributed by atoms with Gasteiger partial charge in [-0.15, -0.1) is 0 Å². The minimum absolute atomic E-state index is 0.116. The van der Waals surface area contributed by atoms with Crippen LogP contribution in [0.15, 0.2) is 35.5 Å². The van der Waals surface area contributed by atoms with Gasteiger partial charge in [0.05, 0.1) is 17.2 Å². The zero-order valence-corrected chi connectivity index (χ0v) is 10.8. The number of carboxylic acids is 1. The molecule has 0 fully saturated rings. The number of carbonyl (C=O) groups is 2. The summed E-state index contributed by atoms with van der Waals surface area (Å²) in [7, 11) is 0. The molecule has 21 heavy (non-hydrogen) atoms. The Morgan fingerprint density at radius 3 is 2.29 bits per heavy atom. The molecule has 1 atom stereocenters. The number of hydrogen-bond acceptors (Lipinski definition) is 2. The highest BCUT2D eigenvalue weighted by Gasteiger charge is 2.33. The van der Waals surface area contributed by atoms with Crippen LogP contribution >= 0.6 is 0 Å². The molecule has 5 nitrogen and oxygen atoms in total. The fourth-order valence-electron chi connectivity index (χ4n) is 2.09. The topological polar surface area (TPSA) is 78.4 Å². The zero-order chi connectivity index (χ0) is 15.8. The second-order valence-electron chi connectivity index (χ2n) is 4.50. The smallest absolute Gasteiger partial charge is 0.416 e. The average molecular weight is 300 g/mol. The van der Waals surface area contributed by atoms with Crippen molar-refractivity contribution in [1.29, 1.82) is 0 Å². The molecule has 1 aliphatic heterocycles. The molecule has 1 aromatic rings. The van der Waals surface area contributed by atoms with Gasteiger partial charge >= 0.3 is 18.2 Å². The van der Waals surface area contributed by atoms with Crippen molar-refractivity contribution in [2.45, 2.75) is 19.1 Å². The number of carboxylic acid groups (broad SMARTS) is 1. The molecule has 1 aliphatic rings. The normalized spacial score (nSPS) is 19.0. The third-order valence-electron chi connectivity index (χ3n) is 3.07. The summed E-state index contributed by atoms with van der Waals surface area (Å²) < 4.78 is 37.5. The van der Waals surface area contributed by atoms with Crippen LogP contribution in [-0.2, 0) is 11.0 Å². The molecule has 2 amide bonds. The fraction of sp³-hybridized carbons (Fsp3) is 0.231. The monoisotopic (exact) mass is 300 g/mol. The standard InChI is InChI=1S/C13H11F3N2O3/c1-6-9(11(19)20)10(18-12(21)17-6)7-2-4-8(5-3-7)13(14,15)16/h2-5,10H,1H3,(H,19,20)(H2,17,18,21)/t10-/m0/s1. The number of halogens is 3. The van der Waals surface area contributed by atoms with E-state index in [9.17, 15) is 27.9 Å². The number of benzene rings is 1. The molecule has 112 valence electrons. The molecule has 1 heterocycles. The number of allylic oxidation sites excluding steroid dienone is 1. The van der Waals surface area contributed by atoms with Crippen molar-refractivity contribution in [2.75, 3.05) is 0 Å². The van der Waals surface area contributed by atoms with Gasteiger partial charge in [0.2, 0.25) is 0 Å². The van der Waals surface area contributed by atoms with Gasteiger partial charge < -0.3 is 15.7 Å². The van der Waals surface area contributed by atoms with Crippen molar-refractivity contribution in [3.63, 3.8) is 0 Å². The molecule has 0 saturated heterocycles. The first-order chi connectivity index (χ1) is 9.70. The third kappa shape index (κ3) is 2.99. The second kappa shape index (κ2) is 5.12. The number of amides is 2. The van der Waals surface area contributed by atoms with Crippen molar-refractivity contribution in [1.82, 2.24) is 10.6 Å². The van der Waals surface area contributed by atoms with Crippen LogP contribution in [0, 0.1) is 0 Å². The Morgan fingerprint density at radius 2 is 1.81 bits per heavy atom. The summed E-state index contributed by atoms with van der Waals surface area (Å²) >= 11 is 0. The van der Waals surface area contributed by atoms with E-state index in [1.807, 2.05) is 0 Å². The molecule has 0 aromatic heterocycles. The summed E-state index contributed by atoms with van der Waals surface area (Å²) in [6.07, 6.45) is -4.47. The molecule has 3 N–H and O–H groups in total. The maximum Gasteiger partial charge on any atom is 0.416 e. The van der Waals surface area contributed by atoms with Crippen LogP contribution in [0.4, 0.5) is 18.0 Å². The first-order valence-electron chi connectivity index (χ1n) is 5.89. The molecule has 0 saturated carbocycles. The number of hydrogen-bond donors (Lipinski definition) is 3. The SMILES string of the molecule is CC1=C(C(=O)O)[C@H](c2ccc(C(F)(F)F)cc2)NC(=O)N1. The summed E-state index contributed by atoms with van der Waals surface area (Å²) in [6.45, 7) is 1.42. The summed E-state index contributed by atoms with van der Waals surface area (Å²) in [6, 6.07) is 2.38. The van der Waals surface area contributed by atoms with Crippen LogP contribution in [-0.4, -0.2) is 17.1 Å². The highest BCUT2D eigenvalue weighted by molar-refractivity contribution is 5.93. The van der Waals surface area contributed by atoms with E-state index in [4.69, 9.17) is 0 Å². The molecule has 0 aliphatic carbocycles. The second-order valence-corrected chi connectivity index (χ2v) is 4.50. The molecule has 8 heteroatoms.